The predicted octanol–water partition coefficient (Wildman–Crippen LogP) is 2.68. The van der Waals surface area contributed by atoms with Crippen molar-refractivity contribution in [3.05, 3.63) is 18.2 Å². The molecule has 5 nitrogen and oxygen atoms in total. The summed E-state index contributed by atoms with van der Waals surface area (Å²) >= 11 is 1.73. The van der Waals surface area contributed by atoms with Gasteiger partial charge in [0.15, 0.2) is 5.16 Å². The highest BCUT2D eigenvalue weighted by Gasteiger charge is 2.04. The van der Waals surface area contributed by atoms with Crippen LogP contribution >= 0.6 is 11.8 Å². The number of hydrogen-bond donors (Lipinski definition) is 2. The van der Waals surface area contributed by atoms with E-state index in [0.717, 1.165) is 53.8 Å². The zero-order chi connectivity index (χ0) is 14.9. The molecule has 116 valence electrons. The van der Waals surface area contributed by atoms with Gasteiger partial charge in [-0.25, -0.2) is 4.98 Å². The first kappa shape index (κ1) is 16.1. The topological polar surface area (TPSA) is 59.2 Å². The highest BCUT2D eigenvalue weighted by molar-refractivity contribution is 7.99. The average Bonchev–Trinajstić information content (AvgIpc) is 2.88. The lowest BCUT2D eigenvalue weighted by atomic mass is 10.3. The van der Waals surface area contributed by atoms with E-state index in [0.29, 0.717) is 6.61 Å². The van der Waals surface area contributed by atoms with Gasteiger partial charge in [-0.15, -0.1) is 0 Å². The van der Waals surface area contributed by atoms with Crippen LogP contribution in [-0.2, 0) is 4.74 Å². The van der Waals surface area contributed by atoms with Crippen LogP contribution in [0.1, 0.15) is 13.3 Å². The standard InChI is InChI=1S/C15H23N3O2S/c1-3-20-12-5-6-13-14(11-12)18-15(17-13)21-10-8-16-7-4-9-19-2/h5-6,11,16H,3-4,7-10H2,1-2H3,(H,17,18). The molecule has 0 amide bonds. The number of hydrogen-bond acceptors (Lipinski definition) is 5. The van der Waals surface area contributed by atoms with Crippen LogP contribution in [0.5, 0.6) is 5.75 Å². The number of nitrogens with one attached hydrogen (secondary N) is 2. The second-order valence-electron chi connectivity index (χ2n) is 4.60. The molecule has 0 saturated heterocycles. The molecule has 2 rings (SSSR count). The van der Waals surface area contributed by atoms with Crippen molar-refractivity contribution < 1.29 is 9.47 Å². The van der Waals surface area contributed by atoms with Gasteiger partial charge < -0.3 is 19.8 Å². The largest absolute Gasteiger partial charge is 0.494 e. The summed E-state index contributed by atoms with van der Waals surface area (Å²) in [6.45, 7) is 5.43. The number of benzene rings is 1. The molecule has 0 fully saturated rings. The van der Waals surface area contributed by atoms with E-state index in [1.807, 2.05) is 25.1 Å². The molecule has 0 spiro atoms. The summed E-state index contributed by atoms with van der Waals surface area (Å²) in [5.74, 6) is 1.87. The van der Waals surface area contributed by atoms with Crippen LogP contribution in [0, 0.1) is 0 Å². The fourth-order valence-corrected chi connectivity index (χ4v) is 2.76. The minimum atomic E-state index is 0.677. The van der Waals surface area contributed by atoms with E-state index in [1.54, 1.807) is 18.9 Å². The number of rotatable bonds is 10. The fourth-order valence-electron chi connectivity index (χ4n) is 1.98. The number of methoxy groups -OCH3 is 1. The normalized spacial score (nSPS) is 11.1. The molecule has 0 aliphatic heterocycles. The molecule has 2 N–H and O–H groups in total. The Kier molecular flexibility index (Phi) is 6.85. The number of fused-ring (bicyclic) bond motifs is 1. The van der Waals surface area contributed by atoms with Crippen LogP contribution in [0.15, 0.2) is 23.4 Å². The van der Waals surface area contributed by atoms with Gasteiger partial charge in [0, 0.05) is 32.1 Å². The van der Waals surface area contributed by atoms with E-state index < -0.39 is 0 Å². The van der Waals surface area contributed by atoms with E-state index in [2.05, 4.69) is 15.3 Å². The van der Waals surface area contributed by atoms with Crippen molar-refractivity contribution in [2.24, 2.45) is 0 Å². The molecule has 21 heavy (non-hydrogen) atoms. The molecule has 2 aromatic rings. The van der Waals surface area contributed by atoms with Crippen molar-refractivity contribution in [2.45, 2.75) is 18.5 Å². The van der Waals surface area contributed by atoms with Crippen molar-refractivity contribution in [2.75, 3.05) is 39.2 Å². The van der Waals surface area contributed by atoms with Crippen LogP contribution in [0.25, 0.3) is 11.0 Å². The zero-order valence-electron chi connectivity index (χ0n) is 12.6. The first-order chi connectivity index (χ1) is 10.3. The number of imidazole rings is 1. The third-order valence-electron chi connectivity index (χ3n) is 2.96. The average molecular weight is 309 g/mol. The van der Waals surface area contributed by atoms with E-state index in [9.17, 15) is 0 Å². The second kappa shape index (κ2) is 8.92. The quantitative estimate of drug-likeness (QED) is 0.522. The van der Waals surface area contributed by atoms with Crippen molar-refractivity contribution in [1.29, 1.82) is 0 Å². The number of ether oxygens (including phenoxy) is 2. The minimum absolute atomic E-state index is 0.677. The Morgan fingerprint density at radius 1 is 1.33 bits per heavy atom. The lowest BCUT2D eigenvalue weighted by molar-refractivity contribution is 0.194. The molecule has 1 heterocycles. The third kappa shape index (κ3) is 5.22. The summed E-state index contributed by atoms with van der Waals surface area (Å²) < 4.78 is 10.5. The summed E-state index contributed by atoms with van der Waals surface area (Å²) in [5, 5.41) is 4.34. The summed E-state index contributed by atoms with van der Waals surface area (Å²) in [4.78, 5) is 7.89. The Morgan fingerprint density at radius 3 is 3.05 bits per heavy atom. The molecule has 1 aromatic carbocycles. The molecule has 6 heteroatoms. The Balaban J connectivity index is 1.77. The van der Waals surface area contributed by atoms with Gasteiger partial charge in [-0.05, 0) is 32.0 Å². The van der Waals surface area contributed by atoms with Gasteiger partial charge in [-0.2, -0.15) is 0 Å². The van der Waals surface area contributed by atoms with E-state index in [1.165, 1.54) is 0 Å². The van der Waals surface area contributed by atoms with E-state index in [4.69, 9.17) is 9.47 Å². The van der Waals surface area contributed by atoms with Crippen LogP contribution in [-0.4, -0.2) is 49.1 Å². The Bertz CT molecular complexity index is 545. The van der Waals surface area contributed by atoms with Gasteiger partial charge in [0.05, 0.1) is 17.6 Å². The van der Waals surface area contributed by atoms with Gasteiger partial charge in [-0.1, -0.05) is 11.8 Å². The van der Waals surface area contributed by atoms with E-state index in [-0.39, 0.29) is 0 Å². The molecule has 0 radical (unpaired) electrons. The van der Waals surface area contributed by atoms with Crippen molar-refractivity contribution in [3.8, 4) is 5.75 Å². The number of aromatic amines is 1. The SMILES string of the molecule is CCOc1ccc2nc(SCCNCCCOC)[nH]c2c1. The van der Waals surface area contributed by atoms with Crippen LogP contribution in [0.3, 0.4) is 0 Å². The number of nitrogens with zero attached hydrogens (tertiary/aromatic N) is 1. The molecule has 1 aromatic heterocycles. The Hall–Kier alpha value is -1.24. The lowest BCUT2D eigenvalue weighted by Gasteiger charge is -2.02. The number of aromatic nitrogens is 2. The molecule has 0 atom stereocenters. The maximum atomic E-state index is 5.49. The molecule has 0 unspecified atom stereocenters. The van der Waals surface area contributed by atoms with Crippen LogP contribution in [0.2, 0.25) is 0 Å². The third-order valence-corrected chi connectivity index (χ3v) is 3.84. The number of thioether (sulfide) groups is 1. The maximum absolute atomic E-state index is 5.49. The van der Waals surface area contributed by atoms with Gasteiger partial charge in [0.2, 0.25) is 0 Å². The summed E-state index contributed by atoms with van der Waals surface area (Å²) in [6, 6.07) is 5.95. The van der Waals surface area contributed by atoms with Crippen molar-refractivity contribution in [1.82, 2.24) is 15.3 Å². The molecular weight excluding hydrogens is 286 g/mol. The summed E-state index contributed by atoms with van der Waals surface area (Å²) in [7, 11) is 1.73. The first-order valence-corrected chi connectivity index (χ1v) is 8.27. The van der Waals surface area contributed by atoms with Crippen molar-refractivity contribution in [3.63, 3.8) is 0 Å². The van der Waals surface area contributed by atoms with Gasteiger partial charge in [-0.3, -0.25) is 0 Å². The second-order valence-corrected chi connectivity index (χ2v) is 5.68. The zero-order valence-corrected chi connectivity index (χ0v) is 13.5. The fraction of sp³-hybridized carbons (Fsp3) is 0.533. The maximum Gasteiger partial charge on any atom is 0.166 e. The molecule has 0 saturated carbocycles. The Labute approximate surface area is 129 Å². The molecule has 0 aliphatic rings. The predicted molar refractivity (Wildman–Crippen MR) is 87.3 cm³/mol. The van der Waals surface area contributed by atoms with E-state index >= 15 is 0 Å². The molecular formula is C15H23N3O2S. The Morgan fingerprint density at radius 2 is 2.24 bits per heavy atom. The summed E-state index contributed by atoms with van der Waals surface area (Å²) in [6.07, 6.45) is 1.05. The highest BCUT2D eigenvalue weighted by atomic mass is 32.2. The first-order valence-electron chi connectivity index (χ1n) is 7.28. The van der Waals surface area contributed by atoms with Crippen LogP contribution < -0.4 is 10.1 Å². The van der Waals surface area contributed by atoms with Gasteiger partial charge in [0.25, 0.3) is 0 Å². The molecule has 0 aliphatic carbocycles. The molecule has 0 bridgehead atoms. The van der Waals surface area contributed by atoms with Crippen molar-refractivity contribution >= 4 is 22.8 Å². The number of H-pyrrole nitrogens is 1. The van der Waals surface area contributed by atoms with Gasteiger partial charge >= 0.3 is 0 Å². The summed E-state index contributed by atoms with van der Waals surface area (Å²) in [5.41, 5.74) is 2.01. The van der Waals surface area contributed by atoms with Crippen LogP contribution in [0.4, 0.5) is 0 Å². The highest BCUT2D eigenvalue weighted by Crippen LogP contribution is 2.23. The monoisotopic (exact) mass is 309 g/mol. The lowest BCUT2D eigenvalue weighted by Crippen LogP contribution is -2.19. The van der Waals surface area contributed by atoms with Gasteiger partial charge in [0.1, 0.15) is 5.75 Å². The smallest absolute Gasteiger partial charge is 0.166 e. The minimum Gasteiger partial charge on any atom is -0.494 e.